The fourth-order valence-corrected chi connectivity index (χ4v) is 3.58. The van der Waals surface area contributed by atoms with E-state index in [1.54, 1.807) is 68.4 Å². The Hall–Kier alpha value is -3.48. The third-order valence-corrected chi connectivity index (χ3v) is 5.17. The largest absolute Gasteiger partial charge is 0.462 e. The fourth-order valence-electron chi connectivity index (χ4n) is 3.58. The van der Waals surface area contributed by atoms with Gasteiger partial charge in [-0.3, -0.25) is 14.5 Å². The monoisotopic (exact) mass is 393 g/mol. The predicted octanol–water partition coefficient (Wildman–Crippen LogP) is 2.52. The Bertz CT molecular complexity index is 978. The Morgan fingerprint density at radius 2 is 1.55 bits per heavy atom. The Balaban J connectivity index is 1.72. The number of hydrogen-bond donors (Lipinski definition) is 0. The number of amides is 2. The molecular weight excluding hydrogens is 374 g/mol. The fraction of sp³-hybridized carbons (Fsp3) is 0.273. The normalized spacial score (nSPS) is 21.0. The van der Waals surface area contributed by atoms with Gasteiger partial charge in [-0.25, -0.2) is 9.59 Å². The van der Waals surface area contributed by atoms with Crippen LogP contribution in [0.15, 0.2) is 54.6 Å². The van der Waals surface area contributed by atoms with Crippen molar-refractivity contribution in [3.63, 3.8) is 0 Å². The zero-order chi connectivity index (χ0) is 20.8. The molecular formula is C22H19NO6. The van der Waals surface area contributed by atoms with Crippen LogP contribution in [0.25, 0.3) is 0 Å². The summed E-state index contributed by atoms with van der Waals surface area (Å²) < 4.78 is 10.5. The maximum absolute atomic E-state index is 13.2. The van der Waals surface area contributed by atoms with E-state index in [-0.39, 0.29) is 17.7 Å². The number of carbonyl (C=O) groups excluding carboxylic acids is 4. The van der Waals surface area contributed by atoms with Gasteiger partial charge in [-0.15, -0.1) is 0 Å². The van der Waals surface area contributed by atoms with Gasteiger partial charge in [0.15, 0.2) is 6.04 Å². The van der Waals surface area contributed by atoms with Gasteiger partial charge in [0.2, 0.25) is 6.10 Å². The number of esters is 2. The minimum absolute atomic E-state index is 0.118. The topological polar surface area (TPSA) is 90.0 Å². The lowest BCUT2D eigenvalue weighted by atomic mass is 9.89. The molecule has 1 saturated heterocycles. The molecule has 0 radical (unpaired) electrons. The van der Waals surface area contributed by atoms with Crippen molar-refractivity contribution in [2.75, 3.05) is 6.61 Å². The Morgan fingerprint density at radius 3 is 2.07 bits per heavy atom. The summed E-state index contributed by atoms with van der Waals surface area (Å²) in [6.07, 6.45) is -1.11. The third-order valence-electron chi connectivity index (χ3n) is 5.17. The molecule has 0 aliphatic carbocycles. The molecule has 0 spiro atoms. The van der Waals surface area contributed by atoms with Crippen molar-refractivity contribution in [3.8, 4) is 0 Å². The first kappa shape index (κ1) is 18.9. The van der Waals surface area contributed by atoms with Gasteiger partial charge >= 0.3 is 11.9 Å². The summed E-state index contributed by atoms with van der Waals surface area (Å²) in [6, 6.07) is 13.5. The van der Waals surface area contributed by atoms with Gasteiger partial charge in [-0.2, -0.15) is 0 Å². The van der Waals surface area contributed by atoms with Gasteiger partial charge in [0.1, 0.15) is 6.61 Å². The highest BCUT2D eigenvalue weighted by atomic mass is 16.6. The molecule has 2 aliphatic heterocycles. The van der Waals surface area contributed by atoms with Crippen molar-refractivity contribution in [1.29, 1.82) is 0 Å². The molecule has 0 saturated carbocycles. The van der Waals surface area contributed by atoms with E-state index in [4.69, 9.17) is 9.47 Å². The van der Waals surface area contributed by atoms with Crippen LogP contribution < -0.4 is 0 Å². The number of cyclic esters (lactones) is 1. The zero-order valence-electron chi connectivity index (χ0n) is 16.0. The Labute approximate surface area is 167 Å². The lowest BCUT2D eigenvalue weighted by Crippen LogP contribution is -2.43. The molecule has 7 nitrogen and oxygen atoms in total. The van der Waals surface area contributed by atoms with E-state index in [0.717, 1.165) is 4.90 Å². The van der Waals surface area contributed by atoms with Crippen LogP contribution in [-0.2, 0) is 19.1 Å². The molecule has 148 valence electrons. The van der Waals surface area contributed by atoms with Gasteiger partial charge in [-0.05, 0) is 17.7 Å². The smallest absolute Gasteiger partial charge is 0.348 e. The number of carbonyl (C=O) groups is 4. The van der Waals surface area contributed by atoms with E-state index >= 15 is 0 Å². The molecule has 29 heavy (non-hydrogen) atoms. The number of rotatable bonds is 4. The zero-order valence-corrected chi connectivity index (χ0v) is 16.0. The highest BCUT2D eigenvalue weighted by Crippen LogP contribution is 2.36. The van der Waals surface area contributed by atoms with Crippen LogP contribution in [-0.4, -0.2) is 41.4 Å². The van der Waals surface area contributed by atoms with Crippen molar-refractivity contribution in [2.24, 2.45) is 5.41 Å². The average molecular weight is 393 g/mol. The summed E-state index contributed by atoms with van der Waals surface area (Å²) in [5.41, 5.74) is 0.158. The number of hydrogen-bond acceptors (Lipinski definition) is 6. The van der Waals surface area contributed by atoms with E-state index in [9.17, 15) is 19.2 Å². The lowest BCUT2D eigenvalue weighted by Gasteiger charge is -2.28. The lowest BCUT2D eigenvalue weighted by molar-refractivity contribution is -0.166. The van der Waals surface area contributed by atoms with Crippen molar-refractivity contribution in [1.82, 2.24) is 4.90 Å². The quantitative estimate of drug-likeness (QED) is 0.586. The average Bonchev–Trinajstić information content (AvgIpc) is 3.12. The number of imide groups is 1. The van der Waals surface area contributed by atoms with E-state index in [2.05, 4.69) is 0 Å². The van der Waals surface area contributed by atoms with Crippen molar-refractivity contribution in [3.05, 3.63) is 71.3 Å². The van der Waals surface area contributed by atoms with E-state index in [1.165, 1.54) is 0 Å². The van der Waals surface area contributed by atoms with Crippen molar-refractivity contribution < 1.29 is 28.7 Å². The summed E-state index contributed by atoms with van der Waals surface area (Å²) in [4.78, 5) is 52.1. The number of ether oxygens (including phenoxy) is 2. The van der Waals surface area contributed by atoms with Gasteiger partial charge in [0, 0.05) is 5.41 Å². The van der Waals surface area contributed by atoms with Gasteiger partial charge in [-0.1, -0.05) is 56.3 Å². The summed E-state index contributed by atoms with van der Waals surface area (Å²) in [5, 5.41) is 0. The third kappa shape index (κ3) is 3.08. The van der Waals surface area contributed by atoms with Crippen LogP contribution in [0.2, 0.25) is 0 Å². The summed E-state index contributed by atoms with van der Waals surface area (Å²) >= 11 is 0. The summed E-state index contributed by atoms with van der Waals surface area (Å²) in [5.74, 6) is -2.66. The van der Waals surface area contributed by atoms with Gasteiger partial charge in [0.05, 0.1) is 11.1 Å². The molecule has 2 aromatic rings. The highest BCUT2D eigenvalue weighted by molar-refractivity contribution is 6.22. The standard InChI is InChI=1S/C22H19NO6/c1-22(2)12-28-21(27)17(22)29-20(26)16(13-8-4-3-5-9-13)23-18(24)14-10-6-7-11-15(14)19(23)25/h3-11,16-17H,12H2,1-2H3/t16-,17+/m1/s1. The minimum Gasteiger partial charge on any atom is -0.462 e. The van der Waals surface area contributed by atoms with Crippen LogP contribution >= 0.6 is 0 Å². The molecule has 2 heterocycles. The SMILES string of the molecule is CC1(C)COC(=O)[C@@H]1OC(=O)[C@@H](c1ccccc1)N1C(=O)c2ccccc2C1=O. The molecule has 0 aromatic heterocycles. The van der Waals surface area contributed by atoms with E-state index in [1.807, 2.05) is 0 Å². The maximum atomic E-state index is 13.2. The molecule has 4 rings (SSSR count). The molecule has 2 atom stereocenters. The van der Waals surface area contributed by atoms with Crippen LogP contribution in [0.3, 0.4) is 0 Å². The van der Waals surface area contributed by atoms with Gasteiger partial charge < -0.3 is 9.47 Å². The van der Waals surface area contributed by atoms with Crippen LogP contribution in [0.4, 0.5) is 0 Å². The predicted molar refractivity (Wildman–Crippen MR) is 101 cm³/mol. The second-order valence-corrected chi connectivity index (χ2v) is 7.75. The first-order valence-corrected chi connectivity index (χ1v) is 9.20. The second kappa shape index (κ2) is 6.84. The number of fused-ring (bicyclic) bond motifs is 1. The Morgan fingerprint density at radius 1 is 1.00 bits per heavy atom. The molecule has 2 amide bonds. The summed E-state index contributed by atoms with van der Waals surface area (Å²) in [6.45, 7) is 3.61. The van der Waals surface area contributed by atoms with E-state index < -0.39 is 41.3 Å². The van der Waals surface area contributed by atoms with Gasteiger partial charge in [0.25, 0.3) is 11.8 Å². The first-order valence-electron chi connectivity index (χ1n) is 9.20. The molecule has 0 unspecified atom stereocenters. The van der Waals surface area contributed by atoms with Crippen molar-refractivity contribution in [2.45, 2.75) is 26.0 Å². The summed E-state index contributed by atoms with van der Waals surface area (Å²) in [7, 11) is 0. The van der Waals surface area contributed by atoms with Crippen LogP contribution in [0.1, 0.15) is 46.2 Å². The number of nitrogens with zero attached hydrogens (tertiary/aromatic N) is 1. The van der Waals surface area contributed by atoms with E-state index in [0.29, 0.717) is 5.56 Å². The molecule has 0 N–H and O–H groups in total. The first-order chi connectivity index (χ1) is 13.8. The molecule has 7 heteroatoms. The molecule has 0 bridgehead atoms. The van der Waals surface area contributed by atoms with Crippen LogP contribution in [0, 0.1) is 5.41 Å². The van der Waals surface area contributed by atoms with Crippen LogP contribution in [0.5, 0.6) is 0 Å². The Kier molecular flexibility index (Phi) is 4.45. The highest BCUT2D eigenvalue weighted by Gasteiger charge is 2.50. The second-order valence-electron chi connectivity index (χ2n) is 7.75. The minimum atomic E-state index is -1.31. The maximum Gasteiger partial charge on any atom is 0.348 e. The molecule has 2 aromatic carbocycles. The van der Waals surface area contributed by atoms with Crippen molar-refractivity contribution >= 4 is 23.8 Å². The molecule has 2 aliphatic rings. The molecule has 1 fully saturated rings. The number of benzene rings is 2.